The summed E-state index contributed by atoms with van der Waals surface area (Å²) >= 11 is 0. The van der Waals surface area contributed by atoms with Gasteiger partial charge in [0.1, 0.15) is 6.61 Å². The molecule has 0 aliphatic carbocycles. The van der Waals surface area contributed by atoms with E-state index in [1.807, 2.05) is 23.1 Å². The molecule has 21 heavy (non-hydrogen) atoms. The molecule has 1 N–H and O–H groups in total. The van der Waals surface area contributed by atoms with E-state index in [2.05, 4.69) is 39.5 Å². The van der Waals surface area contributed by atoms with Gasteiger partial charge in [0.2, 0.25) is 0 Å². The van der Waals surface area contributed by atoms with Crippen molar-refractivity contribution in [3.8, 4) is 11.8 Å². The first-order valence-corrected chi connectivity index (χ1v) is 7.43. The molecule has 0 aromatic heterocycles. The van der Waals surface area contributed by atoms with Crippen LogP contribution in [0.15, 0.2) is 24.3 Å². The minimum atomic E-state index is -0.176. The lowest BCUT2D eigenvalue weighted by molar-refractivity contribution is 0.0715. The van der Waals surface area contributed by atoms with Gasteiger partial charge in [0.15, 0.2) is 0 Å². The topological polar surface area (TPSA) is 40.5 Å². The molecule has 0 unspecified atom stereocenters. The fourth-order valence-electron chi connectivity index (χ4n) is 2.18. The average Bonchev–Trinajstić information content (AvgIpc) is 2.43. The zero-order valence-electron chi connectivity index (χ0n) is 13.4. The predicted octanol–water partition coefficient (Wildman–Crippen LogP) is 2.78. The van der Waals surface area contributed by atoms with Gasteiger partial charge in [-0.3, -0.25) is 4.79 Å². The molecule has 0 fully saturated rings. The fraction of sp³-hybridized carbons (Fsp3) is 0.500. The molecule has 1 aromatic rings. The van der Waals surface area contributed by atoms with Gasteiger partial charge in [-0.25, -0.2) is 0 Å². The Kier molecular flexibility index (Phi) is 6.98. The predicted molar refractivity (Wildman–Crippen MR) is 86.0 cm³/mol. The van der Waals surface area contributed by atoms with Crippen LogP contribution in [0.5, 0.6) is 0 Å². The molecule has 0 atom stereocenters. The molecule has 1 aromatic carbocycles. The summed E-state index contributed by atoms with van der Waals surface area (Å²) in [6.07, 6.45) is 0. The van der Waals surface area contributed by atoms with Gasteiger partial charge in [-0.05, 0) is 30.0 Å². The van der Waals surface area contributed by atoms with E-state index in [0.717, 1.165) is 18.7 Å². The van der Waals surface area contributed by atoms with Crippen molar-refractivity contribution in [3.63, 3.8) is 0 Å². The first kappa shape index (κ1) is 17.3. The third-order valence-electron chi connectivity index (χ3n) is 2.88. The standard InChI is InChI=1S/C18H25NO2/c1-14(2)12-19(13-15(3)4)18(21)17-9-5-7-16(11-17)8-6-10-20/h5,7,9,11,14-15,20H,10,12-13H2,1-4H3. The second kappa shape index (κ2) is 8.49. The van der Waals surface area contributed by atoms with Crippen molar-refractivity contribution in [2.24, 2.45) is 11.8 Å². The molecule has 1 rings (SSSR count). The summed E-state index contributed by atoms with van der Waals surface area (Å²) in [6, 6.07) is 7.28. The zero-order chi connectivity index (χ0) is 15.8. The smallest absolute Gasteiger partial charge is 0.253 e. The Hall–Kier alpha value is -1.79. The summed E-state index contributed by atoms with van der Waals surface area (Å²) in [5.74, 6) is 6.36. The maximum absolute atomic E-state index is 12.7. The molecule has 0 spiro atoms. The van der Waals surface area contributed by atoms with E-state index < -0.39 is 0 Å². The first-order chi connectivity index (χ1) is 9.93. The second-order valence-corrected chi connectivity index (χ2v) is 6.04. The van der Waals surface area contributed by atoms with E-state index >= 15 is 0 Å². The van der Waals surface area contributed by atoms with Crippen LogP contribution in [0.25, 0.3) is 0 Å². The van der Waals surface area contributed by atoms with E-state index in [-0.39, 0.29) is 12.5 Å². The molecule has 0 saturated carbocycles. The monoisotopic (exact) mass is 287 g/mol. The van der Waals surface area contributed by atoms with Crippen LogP contribution < -0.4 is 0 Å². The SMILES string of the molecule is CC(C)CN(CC(C)C)C(=O)c1cccc(C#CCO)c1. The summed E-state index contributed by atoms with van der Waals surface area (Å²) in [6.45, 7) is 9.79. The lowest BCUT2D eigenvalue weighted by Crippen LogP contribution is -2.37. The third kappa shape index (κ3) is 6.01. The number of carbonyl (C=O) groups excluding carboxylic acids is 1. The van der Waals surface area contributed by atoms with Crippen LogP contribution in [0.1, 0.15) is 43.6 Å². The number of amides is 1. The molecule has 114 valence electrons. The van der Waals surface area contributed by atoms with E-state index in [4.69, 9.17) is 5.11 Å². The molecule has 0 saturated heterocycles. The number of rotatable bonds is 5. The number of aliphatic hydroxyl groups is 1. The molecule has 1 amide bonds. The van der Waals surface area contributed by atoms with Gasteiger partial charge in [-0.1, -0.05) is 45.6 Å². The van der Waals surface area contributed by atoms with Crippen LogP contribution in [-0.4, -0.2) is 35.6 Å². The summed E-state index contributed by atoms with van der Waals surface area (Å²) < 4.78 is 0. The lowest BCUT2D eigenvalue weighted by Gasteiger charge is -2.26. The van der Waals surface area contributed by atoms with Crippen molar-refractivity contribution in [3.05, 3.63) is 35.4 Å². The van der Waals surface area contributed by atoms with Crippen molar-refractivity contribution in [1.29, 1.82) is 0 Å². The summed E-state index contributed by atoms with van der Waals surface area (Å²) in [7, 11) is 0. The number of hydrogen-bond donors (Lipinski definition) is 1. The summed E-state index contributed by atoms with van der Waals surface area (Å²) in [5.41, 5.74) is 1.41. The Labute approximate surface area is 128 Å². The Morgan fingerprint density at radius 1 is 1.19 bits per heavy atom. The highest BCUT2D eigenvalue weighted by molar-refractivity contribution is 5.94. The minimum absolute atomic E-state index is 0.0463. The van der Waals surface area contributed by atoms with E-state index in [9.17, 15) is 4.79 Å². The molecule has 3 heteroatoms. The maximum Gasteiger partial charge on any atom is 0.253 e. The molecular formula is C18H25NO2. The lowest BCUT2D eigenvalue weighted by atomic mass is 10.1. The van der Waals surface area contributed by atoms with Crippen LogP contribution in [0.4, 0.5) is 0 Å². The normalized spacial score (nSPS) is 10.4. The zero-order valence-corrected chi connectivity index (χ0v) is 13.4. The Morgan fingerprint density at radius 2 is 1.81 bits per heavy atom. The third-order valence-corrected chi connectivity index (χ3v) is 2.88. The average molecular weight is 287 g/mol. The minimum Gasteiger partial charge on any atom is -0.384 e. The number of carbonyl (C=O) groups is 1. The Balaban J connectivity index is 2.97. The number of hydrogen-bond acceptors (Lipinski definition) is 2. The summed E-state index contributed by atoms with van der Waals surface area (Å²) in [4.78, 5) is 14.6. The fourth-order valence-corrected chi connectivity index (χ4v) is 2.18. The highest BCUT2D eigenvalue weighted by atomic mass is 16.2. The van der Waals surface area contributed by atoms with Gasteiger partial charge < -0.3 is 10.0 Å². The highest BCUT2D eigenvalue weighted by Crippen LogP contribution is 2.12. The Bertz CT molecular complexity index is 514. The quantitative estimate of drug-likeness (QED) is 0.846. The van der Waals surface area contributed by atoms with Gasteiger partial charge in [-0.15, -0.1) is 0 Å². The van der Waals surface area contributed by atoms with Crippen molar-refractivity contribution >= 4 is 5.91 Å². The van der Waals surface area contributed by atoms with Gasteiger partial charge >= 0.3 is 0 Å². The van der Waals surface area contributed by atoms with Gasteiger partial charge in [-0.2, -0.15) is 0 Å². The molecule has 0 radical (unpaired) electrons. The van der Waals surface area contributed by atoms with Gasteiger partial charge in [0, 0.05) is 24.2 Å². The van der Waals surface area contributed by atoms with Gasteiger partial charge in [0.25, 0.3) is 5.91 Å². The van der Waals surface area contributed by atoms with Crippen molar-refractivity contribution in [2.45, 2.75) is 27.7 Å². The van der Waals surface area contributed by atoms with Gasteiger partial charge in [0.05, 0.1) is 0 Å². The maximum atomic E-state index is 12.7. The van der Waals surface area contributed by atoms with Crippen LogP contribution in [-0.2, 0) is 0 Å². The Morgan fingerprint density at radius 3 is 2.33 bits per heavy atom. The van der Waals surface area contributed by atoms with Crippen LogP contribution in [0.2, 0.25) is 0 Å². The molecule has 0 aliphatic heterocycles. The molecular weight excluding hydrogens is 262 g/mol. The molecule has 0 heterocycles. The highest BCUT2D eigenvalue weighted by Gasteiger charge is 2.18. The van der Waals surface area contributed by atoms with Crippen molar-refractivity contribution < 1.29 is 9.90 Å². The first-order valence-electron chi connectivity index (χ1n) is 7.43. The number of aliphatic hydroxyl groups excluding tert-OH is 1. The van der Waals surface area contributed by atoms with Crippen LogP contribution >= 0.6 is 0 Å². The van der Waals surface area contributed by atoms with E-state index in [1.54, 1.807) is 6.07 Å². The number of nitrogens with zero attached hydrogens (tertiary/aromatic N) is 1. The van der Waals surface area contributed by atoms with Crippen LogP contribution in [0, 0.1) is 23.7 Å². The number of benzene rings is 1. The van der Waals surface area contributed by atoms with Crippen LogP contribution in [0.3, 0.4) is 0 Å². The molecule has 3 nitrogen and oxygen atoms in total. The second-order valence-electron chi connectivity index (χ2n) is 6.04. The largest absolute Gasteiger partial charge is 0.384 e. The van der Waals surface area contributed by atoms with Crippen molar-refractivity contribution in [1.82, 2.24) is 4.90 Å². The molecule has 0 aliphatic rings. The molecule has 0 bridgehead atoms. The van der Waals surface area contributed by atoms with E-state index in [0.29, 0.717) is 17.4 Å². The van der Waals surface area contributed by atoms with Crippen molar-refractivity contribution in [2.75, 3.05) is 19.7 Å². The van der Waals surface area contributed by atoms with E-state index in [1.165, 1.54) is 0 Å². The summed E-state index contributed by atoms with van der Waals surface area (Å²) in [5, 5.41) is 8.74.